The van der Waals surface area contributed by atoms with Crippen molar-refractivity contribution in [2.24, 2.45) is 0 Å². The van der Waals surface area contributed by atoms with Gasteiger partial charge in [0, 0.05) is 25.6 Å². The predicted molar refractivity (Wildman–Crippen MR) is 56.6 cm³/mol. The van der Waals surface area contributed by atoms with E-state index >= 15 is 0 Å². The van der Waals surface area contributed by atoms with Crippen LogP contribution in [-0.4, -0.2) is 27.0 Å². The van der Waals surface area contributed by atoms with Crippen molar-refractivity contribution >= 4 is 0 Å². The summed E-state index contributed by atoms with van der Waals surface area (Å²) in [7, 11) is 1.55. The maximum absolute atomic E-state index is 11.4. The van der Waals surface area contributed by atoms with Gasteiger partial charge in [-0.05, 0) is 0 Å². The lowest BCUT2D eigenvalue weighted by molar-refractivity contribution is 0.181. The highest BCUT2D eigenvalue weighted by Crippen LogP contribution is 2.07. The summed E-state index contributed by atoms with van der Waals surface area (Å²) in [6.07, 6.45) is 4.63. The van der Waals surface area contributed by atoms with Gasteiger partial charge >= 0.3 is 0 Å². The largest absolute Gasteiger partial charge is 0.378 e. The SMILES string of the molecule is COCc1cc(=O)[nH]c(-c2cnccn2)n1. The molecule has 0 radical (unpaired) electrons. The first kappa shape index (κ1) is 10.4. The highest BCUT2D eigenvalue weighted by Gasteiger charge is 2.04. The Bertz CT molecular complexity index is 524. The van der Waals surface area contributed by atoms with E-state index < -0.39 is 0 Å². The van der Waals surface area contributed by atoms with Crippen LogP contribution in [0.1, 0.15) is 5.69 Å². The Balaban J connectivity index is 2.45. The topological polar surface area (TPSA) is 80.8 Å². The monoisotopic (exact) mass is 218 g/mol. The van der Waals surface area contributed by atoms with Crippen LogP contribution in [0.5, 0.6) is 0 Å². The quantitative estimate of drug-likeness (QED) is 0.805. The van der Waals surface area contributed by atoms with Crippen LogP contribution in [0.2, 0.25) is 0 Å². The summed E-state index contributed by atoms with van der Waals surface area (Å²) in [5.41, 5.74) is 0.854. The second kappa shape index (κ2) is 4.63. The number of nitrogens with zero attached hydrogens (tertiary/aromatic N) is 3. The Morgan fingerprint density at radius 1 is 1.44 bits per heavy atom. The maximum atomic E-state index is 11.4. The molecule has 2 rings (SSSR count). The average Bonchev–Trinajstić information content (AvgIpc) is 2.30. The maximum Gasteiger partial charge on any atom is 0.251 e. The Labute approximate surface area is 91.4 Å². The van der Waals surface area contributed by atoms with Crippen molar-refractivity contribution in [1.82, 2.24) is 19.9 Å². The first-order valence-electron chi connectivity index (χ1n) is 4.65. The van der Waals surface area contributed by atoms with Gasteiger partial charge in [0.1, 0.15) is 5.69 Å². The molecule has 0 spiro atoms. The van der Waals surface area contributed by atoms with Gasteiger partial charge < -0.3 is 9.72 Å². The van der Waals surface area contributed by atoms with E-state index in [1.54, 1.807) is 19.5 Å². The van der Waals surface area contributed by atoms with E-state index in [1.165, 1.54) is 12.3 Å². The molecule has 82 valence electrons. The Kier molecular flexibility index (Phi) is 3.02. The molecule has 0 unspecified atom stereocenters. The lowest BCUT2D eigenvalue weighted by Crippen LogP contribution is -2.11. The first-order valence-corrected chi connectivity index (χ1v) is 4.65. The van der Waals surface area contributed by atoms with Gasteiger partial charge in [-0.15, -0.1) is 0 Å². The summed E-state index contributed by atoms with van der Waals surface area (Å²) in [6, 6.07) is 1.39. The molecule has 0 fully saturated rings. The van der Waals surface area contributed by atoms with E-state index in [4.69, 9.17) is 4.74 Å². The van der Waals surface area contributed by atoms with Crippen LogP contribution < -0.4 is 5.56 Å². The molecular weight excluding hydrogens is 208 g/mol. The highest BCUT2D eigenvalue weighted by atomic mass is 16.5. The molecule has 0 aliphatic carbocycles. The smallest absolute Gasteiger partial charge is 0.251 e. The molecule has 16 heavy (non-hydrogen) atoms. The number of aromatic amines is 1. The zero-order valence-electron chi connectivity index (χ0n) is 8.67. The van der Waals surface area contributed by atoms with Gasteiger partial charge in [-0.25, -0.2) is 9.97 Å². The van der Waals surface area contributed by atoms with Crippen LogP contribution in [0, 0.1) is 0 Å². The van der Waals surface area contributed by atoms with Gasteiger partial charge in [-0.3, -0.25) is 9.78 Å². The Morgan fingerprint density at radius 3 is 3.00 bits per heavy atom. The van der Waals surface area contributed by atoms with Crippen LogP contribution in [0.25, 0.3) is 11.5 Å². The predicted octanol–water partition coefficient (Wildman–Crippen LogP) is 0.373. The van der Waals surface area contributed by atoms with E-state index in [-0.39, 0.29) is 12.2 Å². The van der Waals surface area contributed by atoms with Crippen molar-refractivity contribution in [3.63, 3.8) is 0 Å². The molecule has 0 bridgehead atoms. The van der Waals surface area contributed by atoms with Gasteiger partial charge in [0.15, 0.2) is 5.82 Å². The molecule has 6 heteroatoms. The van der Waals surface area contributed by atoms with Crippen LogP contribution in [0.4, 0.5) is 0 Å². The van der Waals surface area contributed by atoms with Gasteiger partial charge in [-0.2, -0.15) is 0 Å². The van der Waals surface area contributed by atoms with Crippen molar-refractivity contribution < 1.29 is 4.74 Å². The van der Waals surface area contributed by atoms with Gasteiger partial charge in [0.05, 0.1) is 18.5 Å². The standard InChI is InChI=1S/C10H10N4O2/c1-16-6-7-4-9(15)14-10(13-7)8-5-11-2-3-12-8/h2-5H,6H2,1H3,(H,13,14,15). The van der Waals surface area contributed by atoms with E-state index in [0.29, 0.717) is 17.2 Å². The minimum absolute atomic E-state index is 0.234. The third-order valence-corrected chi connectivity index (χ3v) is 1.89. The zero-order chi connectivity index (χ0) is 11.4. The Morgan fingerprint density at radius 2 is 2.31 bits per heavy atom. The fourth-order valence-corrected chi connectivity index (χ4v) is 1.27. The second-order valence-electron chi connectivity index (χ2n) is 3.11. The van der Waals surface area contributed by atoms with Crippen molar-refractivity contribution in [1.29, 1.82) is 0 Å². The summed E-state index contributed by atoms with van der Waals surface area (Å²) in [5, 5.41) is 0. The summed E-state index contributed by atoms with van der Waals surface area (Å²) in [4.78, 5) is 26.1. The minimum Gasteiger partial charge on any atom is -0.378 e. The molecule has 0 aliphatic rings. The lowest BCUT2D eigenvalue weighted by atomic mass is 10.3. The van der Waals surface area contributed by atoms with Crippen LogP contribution in [-0.2, 0) is 11.3 Å². The molecule has 2 aromatic heterocycles. The number of H-pyrrole nitrogens is 1. The van der Waals surface area contributed by atoms with Gasteiger partial charge in [-0.1, -0.05) is 0 Å². The molecule has 0 aliphatic heterocycles. The summed E-state index contributed by atoms with van der Waals surface area (Å²) in [6.45, 7) is 0.289. The lowest BCUT2D eigenvalue weighted by Gasteiger charge is -2.02. The molecule has 0 atom stereocenters. The molecule has 1 N–H and O–H groups in total. The number of nitrogens with one attached hydrogen (secondary N) is 1. The molecule has 0 saturated heterocycles. The van der Waals surface area contributed by atoms with Crippen LogP contribution in [0.3, 0.4) is 0 Å². The summed E-state index contributed by atoms with van der Waals surface area (Å²) >= 11 is 0. The van der Waals surface area contributed by atoms with Crippen molar-refractivity contribution in [2.75, 3.05) is 7.11 Å². The van der Waals surface area contributed by atoms with Gasteiger partial charge in [0.2, 0.25) is 0 Å². The third-order valence-electron chi connectivity index (χ3n) is 1.89. The molecular formula is C10H10N4O2. The first-order chi connectivity index (χ1) is 7.79. The third kappa shape index (κ3) is 2.29. The summed E-state index contributed by atoms with van der Waals surface area (Å²) in [5.74, 6) is 0.396. The van der Waals surface area contributed by atoms with E-state index in [0.717, 1.165) is 0 Å². The summed E-state index contributed by atoms with van der Waals surface area (Å²) < 4.78 is 4.92. The molecule has 2 aromatic rings. The fraction of sp³-hybridized carbons (Fsp3) is 0.200. The highest BCUT2D eigenvalue weighted by molar-refractivity contribution is 5.46. The molecule has 0 amide bonds. The number of hydrogen-bond donors (Lipinski definition) is 1. The van der Waals surface area contributed by atoms with Crippen LogP contribution >= 0.6 is 0 Å². The van der Waals surface area contributed by atoms with Gasteiger partial charge in [0.25, 0.3) is 5.56 Å². The molecule has 6 nitrogen and oxygen atoms in total. The van der Waals surface area contributed by atoms with E-state index in [9.17, 15) is 4.79 Å². The van der Waals surface area contributed by atoms with Crippen molar-refractivity contribution in [2.45, 2.75) is 6.61 Å². The number of aromatic nitrogens is 4. The van der Waals surface area contributed by atoms with E-state index in [1.807, 2.05) is 0 Å². The van der Waals surface area contributed by atoms with Crippen molar-refractivity contribution in [3.8, 4) is 11.5 Å². The van der Waals surface area contributed by atoms with E-state index in [2.05, 4.69) is 19.9 Å². The number of rotatable bonds is 3. The second-order valence-corrected chi connectivity index (χ2v) is 3.11. The molecule has 0 saturated carbocycles. The van der Waals surface area contributed by atoms with Crippen LogP contribution in [0.15, 0.2) is 29.5 Å². The number of methoxy groups -OCH3 is 1. The fourth-order valence-electron chi connectivity index (χ4n) is 1.27. The average molecular weight is 218 g/mol. The minimum atomic E-state index is -0.234. The van der Waals surface area contributed by atoms with Crippen molar-refractivity contribution in [3.05, 3.63) is 40.7 Å². The normalized spacial score (nSPS) is 10.3. The molecule has 2 heterocycles. The Hall–Kier alpha value is -2.08. The number of hydrogen-bond acceptors (Lipinski definition) is 5. The number of ether oxygens (including phenoxy) is 1. The zero-order valence-corrected chi connectivity index (χ0v) is 8.67. The molecule has 0 aromatic carbocycles.